The molecule has 22 heavy (non-hydrogen) atoms. The number of halogens is 3. The molecular formula is C15H21F3N2O2. The molecule has 7 heteroatoms. The molecule has 1 saturated carbocycles. The number of hydrogen-bond donors (Lipinski definition) is 1. The molecule has 1 aliphatic carbocycles. The smallest absolute Gasteiger partial charge is 0.345 e. The van der Waals surface area contributed by atoms with Crippen molar-refractivity contribution in [3.05, 3.63) is 11.6 Å². The van der Waals surface area contributed by atoms with Gasteiger partial charge in [0.05, 0.1) is 0 Å². The van der Waals surface area contributed by atoms with Crippen molar-refractivity contribution in [2.24, 2.45) is 0 Å². The van der Waals surface area contributed by atoms with Crippen molar-refractivity contribution in [3.8, 4) is 0 Å². The second-order valence-electron chi connectivity index (χ2n) is 5.93. The van der Waals surface area contributed by atoms with Crippen LogP contribution in [0.5, 0.6) is 0 Å². The molecule has 0 spiro atoms. The fourth-order valence-corrected chi connectivity index (χ4v) is 2.93. The standard InChI is InChI=1S/C15H21F3N2O2/c16-15(17,18)14(22)19-12-6-8-20(9-7-12)13(21)10-11-4-2-1-3-5-11/h10,12H,1-9H2,(H,19,22). The Labute approximate surface area is 127 Å². The molecule has 0 aromatic heterocycles. The highest BCUT2D eigenvalue weighted by Crippen LogP contribution is 2.23. The molecule has 0 radical (unpaired) electrons. The van der Waals surface area contributed by atoms with E-state index in [-0.39, 0.29) is 5.91 Å². The summed E-state index contributed by atoms with van der Waals surface area (Å²) in [6, 6.07) is -0.513. The van der Waals surface area contributed by atoms with Gasteiger partial charge in [-0.05, 0) is 38.5 Å². The number of nitrogens with one attached hydrogen (secondary N) is 1. The average Bonchev–Trinajstić information content (AvgIpc) is 2.48. The zero-order valence-corrected chi connectivity index (χ0v) is 12.4. The fraction of sp³-hybridized carbons (Fsp3) is 0.733. The van der Waals surface area contributed by atoms with E-state index >= 15 is 0 Å². The zero-order valence-electron chi connectivity index (χ0n) is 12.4. The number of carbonyl (C=O) groups excluding carboxylic acids is 2. The molecule has 0 aromatic rings. The normalized spacial score (nSPS) is 20.7. The third-order valence-electron chi connectivity index (χ3n) is 4.22. The number of alkyl halides is 3. The minimum atomic E-state index is -4.85. The largest absolute Gasteiger partial charge is 0.471 e. The van der Waals surface area contributed by atoms with Gasteiger partial charge < -0.3 is 10.2 Å². The number of nitrogens with zero attached hydrogens (tertiary/aromatic N) is 1. The van der Waals surface area contributed by atoms with Crippen LogP contribution in [0.15, 0.2) is 11.6 Å². The summed E-state index contributed by atoms with van der Waals surface area (Å²) in [4.78, 5) is 24.7. The Hall–Kier alpha value is -1.53. The van der Waals surface area contributed by atoms with E-state index in [0.717, 1.165) is 25.7 Å². The van der Waals surface area contributed by atoms with E-state index in [1.165, 1.54) is 12.0 Å². The lowest BCUT2D eigenvalue weighted by atomic mass is 9.94. The van der Waals surface area contributed by atoms with Gasteiger partial charge in [0.15, 0.2) is 0 Å². The van der Waals surface area contributed by atoms with Gasteiger partial charge in [-0.25, -0.2) is 0 Å². The Kier molecular flexibility index (Phi) is 5.47. The molecule has 0 atom stereocenters. The lowest BCUT2D eigenvalue weighted by Crippen LogP contribution is -2.49. The molecule has 2 fully saturated rings. The van der Waals surface area contributed by atoms with E-state index in [4.69, 9.17) is 0 Å². The highest BCUT2D eigenvalue weighted by Gasteiger charge is 2.40. The predicted octanol–water partition coefficient (Wildman–Crippen LogP) is 2.55. The van der Waals surface area contributed by atoms with Gasteiger partial charge in [0, 0.05) is 25.2 Å². The van der Waals surface area contributed by atoms with E-state index in [2.05, 4.69) is 0 Å². The molecule has 0 unspecified atom stereocenters. The van der Waals surface area contributed by atoms with Gasteiger partial charge in [0.1, 0.15) is 0 Å². The topological polar surface area (TPSA) is 49.4 Å². The molecule has 0 bridgehead atoms. The van der Waals surface area contributed by atoms with Crippen LogP contribution in [0.2, 0.25) is 0 Å². The van der Waals surface area contributed by atoms with Gasteiger partial charge in [-0.1, -0.05) is 12.0 Å². The molecule has 1 N–H and O–H groups in total. The number of hydrogen-bond acceptors (Lipinski definition) is 2. The summed E-state index contributed by atoms with van der Waals surface area (Å²) in [7, 11) is 0. The quantitative estimate of drug-likeness (QED) is 0.796. The van der Waals surface area contributed by atoms with Crippen molar-refractivity contribution in [3.63, 3.8) is 0 Å². The maximum Gasteiger partial charge on any atom is 0.471 e. The minimum absolute atomic E-state index is 0.0579. The first-order valence-corrected chi connectivity index (χ1v) is 7.72. The van der Waals surface area contributed by atoms with Crippen molar-refractivity contribution in [1.29, 1.82) is 0 Å². The molecule has 2 aliphatic rings. The summed E-state index contributed by atoms with van der Waals surface area (Å²) >= 11 is 0. The monoisotopic (exact) mass is 318 g/mol. The van der Waals surface area contributed by atoms with Crippen LogP contribution in [0.1, 0.15) is 44.9 Å². The summed E-state index contributed by atoms with van der Waals surface area (Å²) in [6.45, 7) is 0.761. The van der Waals surface area contributed by atoms with Gasteiger partial charge in [-0.3, -0.25) is 9.59 Å². The Morgan fingerprint density at radius 3 is 2.23 bits per heavy atom. The molecule has 124 valence electrons. The van der Waals surface area contributed by atoms with Crippen LogP contribution in [0.3, 0.4) is 0 Å². The third kappa shape index (κ3) is 4.74. The SMILES string of the molecule is O=C(C=C1CCCCC1)N1CCC(NC(=O)C(F)(F)F)CC1. The number of piperidine rings is 1. The number of rotatable bonds is 2. The van der Waals surface area contributed by atoms with E-state index in [9.17, 15) is 22.8 Å². The van der Waals surface area contributed by atoms with E-state index in [1.54, 1.807) is 11.0 Å². The molecular weight excluding hydrogens is 297 g/mol. The number of amides is 2. The highest BCUT2D eigenvalue weighted by atomic mass is 19.4. The van der Waals surface area contributed by atoms with Gasteiger partial charge in [0.2, 0.25) is 5.91 Å². The molecule has 1 aliphatic heterocycles. The van der Waals surface area contributed by atoms with Crippen LogP contribution in [0, 0.1) is 0 Å². The lowest BCUT2D eigenvalue weighted by Gasteiger charge is -2.32. The number of allylic oxidation sites excluding steroid dienone is 1. The van der Waals surface area contributed by atoms with Crippen molar-refractivity contribution in [2.75, 3.05) is 13.1 Å². The van der Waals surface area contributed by atoms with Gasteiger partial charge >= 0.3 is 12.1 Å². The summed E-state index contributed by atoms with van der Waals surface area (Å²) < 4.78 is 36.6. The van der Waals surface area contributed by atoms with Gasteiger partial charge in [0.25, 0.3) is 0 Å². The van der Waals surface area contributed by atoms with Crippen LogP contribution in [-0.2, 0) is 9.59 Å². The number of likely N-dealkylation sites (tertiary alicyclic amines) is 1. The number of carbonyl (C=O) groups is 2. The first-order chi connectivity index (χ1) is 10.4. The summed E-state index contributed by atoms with van der Waals surface area (Å²) in [5, 5.41) is 1.98. The average molecular weight is 318 g/mol. The zero-order chi connectivity index (χ0) is 16.2. The van der Waals surface area contributed by atoms with E-state index < -0.39 is 18.1 Å². The van der Waals surface area contributed by atoms with E-state index in [0.29, 0.717) is 25.9 Å². The summed E-state index contributed by atoms with van der Waals surface area (Å²) in [5.74, 6) is -1.96. The van der Waals surface area contributed by atoms with Crippen LogP contribution in [0.25, 0.3) is 0 Å². The lowest BCUT2D eigenvalue weighted by molar-refractivity contribution is -0.174. The maximum absolute atomic E-state index is 12.2. The Morgan fingerprint density at radius 1 is 1.09 bits per heavy atom. The first kappa shape index (κ1) is 16.8. The second kappa shape index (κ2) is 7.15. The Balaban J connectivity index is 1.79. The van der Waals surface area contributed by atoms with Crippen molar-refractivity contribution in [1.82, 2.24) is 10.2 Å². The van der Waals surface area contributed by atoms with Crippen LogP contribution >= 0.6 is 0 Å². The first-order valence-electron chi connectivity index (χ1n) is 7.72. The molecule has 1 heterocycles. The molecule has 2 amide bonds. The molecule has 0 aromatic carbocycles. The minimum Gasteiger partial charge on any atom is -0.345 e. The maximum atomic E-state index is 12.2. The van der Waals surface area contributed by atoms with Crippen molar-refractivity contribution in [2.45, 2.75) is 57.2 Å². The van der Waals surface area contributed by atoms with E-state index in [1.807, 2.05) is 5.32 Å². The van der Waals surface area contributed by atoms with Gasteiger partial charge in [-0.15, -0.1) is 0 Å². The molecule has 2 rings (SSSR count). The second-order valence-corrected chi connectivity index (χ2v) is 5.93. The van der Waals surface area contributed by atoms with Crippen molar-refractivity contribution >= 4 is 11.8 Å². The third-order valence-corrected chi connectivity index (χ3v) is 4.22. The predicted molar refractivity (Wildman–Crippen MR) is 75.0 cm³/mol. The Bertz CT molecular complexity index is 444. The highest BCUT2D eigenvalue weighted by molar-refractivity contribution is 5.88. The molecule has 4 nitrogen and oxygen atoms in total. The van der Waals surface area contributed by atoms with Crippen molar-refractivity contribution < 1.29 is 22.8 Å². The summed E-state index contributed by atoms with van der Waals surface area (Å²) in [6.07, 6.45) is 2.92. The van der Waals surface area contributed by atoms with Crippen LogP contribution in [-0.4, -0.2) is 42.0 Å². The Morgan fingerprint density at radius 2 is 1.68 bits per heavy atom. The molecule has 1 saturated heterocycles. The van der Waals surface area contributed by atoms with Crippen LogP contribution in [0.4, 0.5) is 13.2 Å². The van der Waals surface area contributed by atoms with Crippen LogP contribution < -0.4 is 5.32 Å². The van der Waals surface area contributed by atoms with Gasteiger partial charge in [-0.2, -0.15) is 13.2 Å². The summed E-state index contributed by atoms with van der Waals surface area (Å²) in [5.41, 5.74) is 1.17. The fourth-order valence-electron chi connectivity index (χ4n) is 2.93.